The van der Waals surface area contributed by atoms with Gasteiger partial charge in [-0.25, -0.2) is 9.69 Å². The fourth-order valence-electron chi connectivity index (χ4n) is 4.42. The molecule has 0 unspecified atom stereocenters. The van der Waals surface area contributed by atoms with Crippen LogP contribution in [0.5, 0.6) is 5.75 Å². The van der Waals surface area contributed by atoms with Crippen LogP contribution in [-0.4, -0.2) is 22.6 Å². The molecule has 30 heavy (non-hydrogen) atoms. The molecule has 3 heterocycles. The number of anilines is 1. The van der Waals surface area contributed by atoms with Crippen molar-refractivity contribution in [3.63, 3.8) is 0 Å². The topological polar surface area (TPSA) is 63.0 Å². The van der Waals surface area contributed by atoms with Crippen LogP contribution < -0.4 is 9.64 Å². The van der Waals surface area contributed by atoms with Crippen LogP contribution in [0.1, 0.15) is 48.0 Å². The number of rotatable bonds is 3. The van der Waals surface area contributed by atoms with Crippen LogP contribution in [0, 0.1) is 0 Å². The Bertz CT molecular complexity index is 1110. The summed E-state index contributed by atoms with van der Waals surface area (Å²) in [6.45, 7) is 3.98. The minimum atomic E-state index is -0.913. The van der Waals surface area contributed by atoms with Crippen molar-refractivity contribution in [3.05, 3.63) is 83.8 Å². The first-order chi connectivity index (χ1) is 14.5. The number of fused-ring (bicyclic) bond motifs is 4. The van der Waals surface area contributed by atoms with E-state index in [4.69, 9.17) is 9.15 Å². The molecule has 3 aromatic rings. The van der Waals surface area contributed by atoms with E-state index in [1.165, 1.54) is 16.7 Å². The molecule has 2 atom stereocenters. The number of urea groups is 1. The van der Waals surface area contributed by atoms with E-state index in [0.29, 0.717) is 17.9 Å². The maximum Gasteiger partial charge on any atom is 0.335 e. The second-order valence-corrected chi connectivity index (χ2v) is 7.83. The van der Waals surface area contributed by atoms with Gasteiger partial charge in [0, 0.05) is 17.7 Å². The van der Waals surface area contributed by atoms with Gasteiger partial charge in [-0.2, -0.15) is 0 Å². The fourth-order valence-corrected chi connectivity index (χ4v) is 4.42. The fraction of sp³-hybridized carbons (Fsp3) is 0.250. The minimum absolute atomic E-state index is 0.136. The standard InChI is InChI=1S/C24H22N2O4/c1-3-16-10-12-17(13-11-16)26-23(28)25(22(27)21-9-6-14-29-21)19-15-24(26,2)30-20-8-5-4-7-18(19)20/h4-14,19H,3,15H2,1-2H3/t19-,24+/m1/s1. The zero-order chi connectivity index (χ0) is 20.9. The third-order valence-corrected chi connectivity index (χ3v) is 5.92. The smallest absolute Gasteiger partial charge is 0.335 e. The molecule has 1 fully saturated rings. The van der Waals surface area contributed by atoms with E-state index in [9.17, 15) is 9.59 Å². The molecular weight excluding hydrogens is 380 g/mol. The lowest BCUT2D eigenvalue weighted by Gasteiger charge is -2.53. The first-order valence-electron chi connectivity index (χ1n) is 10.1. The molecule has 2 aromatic carbocycles. The third-order valence-electron chi connectivity index (χ3n) is 5.92. The van der Waals surface area contributed by atoms with Crippen molar-refractivity contribution in [3.8, 4) is 5.75 Å². The number of nitrogens with zero attached hydrogens (tertiary/aromatic N) is 2. The summed E-state index contributed by atoms with van der Waals surface area (Å²) in [6.07, 6.45) is 2.79. The van der Waals surface area contributed by atoms with Gasteiger partial charge in [0.1, 0.15) is 5.75 Å². The predicted octanol–water partition coefficient (Wildman–Crippen LogP) is 5.16. The quantitative estimate of drug-likeness (QED) is 0.607. The van der Waals surface area contributed by atoms with Gasteiger partial charge in [0.2, 0.25) is 0 Å². The number of hydrogen-bond donors (Lipinski definition) is 0. The summed E-state index contributed by atoms with van der Waals surface area (Å²) in [6, 6.07) is 17.7. The van der Waals surface area contributed by atoms with Crippen molar-refractivity contribution in [2.45, 2.75) is 38.5 Å². The average Bonchev–Trinajstić information content (AvgIpc) is 3.28. The Balaban J connectivity index is 1.66. The van der Waals surface area contributed by atoms with Crippen molar-refractivity contribution < 1.29 is 18.7 Å². The number of hydrogen-bond acceptors (Lipinski definition) is 4. The molecule has 0 spiro atoms. The van der Waals surface area contributed by atoms with Crippen molar-refractivity contribution in [1.29, 1.82) is 0 Å². The van der Waals surface area contributed by atoms with Crippen molar-refractivity contribution in [2.24, 2.45) is 0 Å². The summed E-state index contributed by atoms with van der Waals surface area (Å²) in [7, 11) is 0. The number of ether oxygens (including phenoxy) is 1. The maximum absolute atomic E-state index is 13.8. The van der Waals surface area contributed by atoms with E-state index < -0.39 is 23.7 Å². The van der Waals surface area contributed by atoms with Crippen molar-refractivity contribution >= 4 is 17.6 Å². The van der Waals surface area contributed by atoms with Crippen LogP contribution in [0.3, 0.4) is 0 Å². The number of para-hydroxylation sites is 1. The highest BCUT2D eigenvalue weighted by molar-refractivity contribution is 6.09. The lowest BCUT2D eigenvalue weighted by Crippen LogP contribution is -2.67. The number of furan rings is 1. The highest BCUT2D eigenvalue weighted by Crippen LogP contribution is 2.49. The molecule has 3 amide bonds. The van der Waals surface area contributed by atoms with Crippen molar-refractivity contribution in [1.82, 2.24) is 4.90 Å². The molecular formula is C24H22N2O4. The molecule has 6 heteroatoms. The number of imide groups is 1. The summed E-state index contributed by atoms with van der Waals surface area (Å²) < 4.78 is 11.7. The summed E-state index contributed by atoms with van der Waals surface area (Å²) in [5.74, 6) is 0.359. The summed E-state index contributed by atoms with van der Waals surface area (Å²) >= 11 is 0. The third kappa shape index (κ3) is 2.71. The molecule has 1 aromatic heterocycles. The average molecular weight is 402 g/mol. The van der Waals surface area contributed by atoms with Crippen LogP contribution >= 0.6 is 0 Å². The SMILES string of the molecule is CCc1ccc(N2C(=O)N(C(=O)c3ccco3)[C@@H]3C[C@]2(C)Oc2ccccc23)cc1. The van der Waals surface area contributed by atoms with Crippen LogP contribution in [0.2, 0.25) is 0 Å². The van der Waals surface area contributed by atoms with Gasteiger partial charge in [-0.3, -0.25) is 9.69 Å². The van der Waals surface area contributed by atoms with Gasteiger partial charge in [0.05, 0.1) is 12.3 Å². The van der Waals surface area contributed by atoms with Crippen LogP contribution in [0.25, 0.3) is 0 Å². The summed E-state index contributed by atoms with van der Waals surface area (Å²) in [5, 5.41) is 0. The molecule has 5 rings (SSSR count). The van der Waals surface area contributed by atoms with Crippen LogP contribution in [0.4, 0.5) is 10.5 Å². The maximum atomic E-state index is 13.8. The molecule has 2 aliphatic heterocycles. The predicted molar refractivity (Wildman–Crippen MR) is 111 cm³/mol. The lowest BCUT2D eigenvalue weighted by molar-refractivity contribution is 0.00174. The second kappa shape index (κ2) is 6.76. The van der Waals surface area contributed by atoms with Gasteiger partial charge < -0.3 is 9.15 Å². The Morgan fingerprint density at radius 1 is 1.10 bits per heavy atom. The molecule has 0 N–H and O–H groups in total. The first kappa shape index (κ1) is 18.5. The zero-order valence-corrected chi connectivity index (χ0v) is 16.9. The molecule has 0 aliphatic carbocycles. The molecule has 0 saturated carbocycles. The largest absolute Gasteiger partial charge is 0.467 e. The van der Waals surface area contributed by atoms with Crippen molar-refractivity contribution in [2.75, 3.05) is 4.90 Å². The summed E-state index contributed by atoms with van der Waals surface area (Å²) in [4.78, 5) is 29.9. The van der Waals surface area contributed by atoms with Gasteiger partial charge in [-0.1, -0.05) is 37.3 Å². The lowest BCUT2D eigenvalue weighted by atomic mass is 9.88. The number of carbonyl (C=O) groups excluding carboxylic acids is 2. The number of carbonyl (C=O) groups is 2. The van der Waals surface area contributed by atoms with Crippen LogP contribution in [0.15, 0.2) is 71.3 Å². The van der Waals surface area contributed by atoms with E-state index in [0.717, 1.165) is 12.0 Å². The molecule has 2 aliphatic rings. The van der Waals surface area contributed by atoms with Crippen LogP contribution in [-0.2, 0) is 6.42 Å². The van der Waals surface area contributed by atoms with E-state index in [1.54, 1.807) is 17.0 Å². The molecule has 152 valence electrons. The number of amides is 3. The summed E-state index contributed by atoms with van der Waals surface area (Å²) in [5.41, 5.74) is 1.77. The van der Waals surface area contributed by atoms with Gasteiger partial charge in [0.25, 0.3) is 5.91 Å². The Hall–Kier alpha value is -3.54. The Morgan fingerprint density at radius 2 is 1.87 bits per heavy atom. The Morgan fingerprint density at radius 3 is 2.57 bits per heavy atom. The van der Waals surface area contributed by atoms with Gasteiger partial charge in [-0.15, -0.1) is 0 Å². The highest BCUT2D eigenvalue weighted by Gasteiger charge is 2.55. The van der Waals surface area contributed by atoms with E-state index in [1.807, 2.05) is 55.5 Å². The second-order valence-electron chi connectivity index (χ2n) is 7.83. The minimum Gasteiger partial charge on any atom is -0.467 e. The molecule has 1 saturated heterocycles. The Kier molecular flexibility index (Phi) is 4.17. The van der Waals surface area contributed by atoms with E-state index >= 15 is 0 Å². The number of benzene rings is 2. The van der Waals surface area contributed by atoms with E-state index in [-0.39, 0.29) is 5.76 Å². The molecule has 0 radical (unpaired) electrons. The zero-order valence-electron chi connectivity index (χ0n) is 16.9. The normalized spacial score (nSPS) is 22.5. The van der Waals surface area contributed by atoms with E-state index in [2.05, 4.69) is 6.92 Å². The van der Waals surface area contributed by atoms with Gasteiger partial charge in [0.15, 0.2) is 11.5 Å². The Labute approximate surface area is 174 Å². The number of aryl methyl sites for hydroxylation is 1. The molecule has 6 nitrogen and oxygen atoms in total. The monoisotopic (exact) mass is 402 g/mol. The first-order valence-corrected chi connectivity index (χ1v) is 10.1. The molecule has 2 bridgehead atoms. The highest BCUT2D eigenvalue weighted by atomic mass is 16.5. The van der Waals surface area contributed by atoms with Gasteiger partial charge in [-0.05, 0) is 49.2 Å². The van der Waals surface area contributed by atoms with Gasteiger partial charge >= 0.3 is 6.03 Å².